The second kappa shape index (κ2) is 8.46. The smallest absolute Gasteiger partial charge is 0.238 e. The minimum Gasteiger partial charge on any atom is -0.508 e. The first-order valence-corrected chi connectivity index (χ1v) is 9.14. The minimum atomic E-state index is -1.53. The number of hydrogen-bond donors (Lipinski definition) is 6. The maximum absolute atomic E-state index is 10.2. The van der Waals surface area contributed by atoms with Crippen LogP contribution in [0.5, 0.6) is 11.6 Å². The van der Waals surface area contributed by atoms with E-state index in [4.69, 9.17) is 9.47 Å². The molecule has 2 aromatic rings. The van der Waals surface area contributed by atoms with Crippen LogP contribution in [0.4, 0.5) is 0 Å². The Kier molecular flexibility index (Phi) is 6.21. The van der Waals surface area contributed by atoms with Crippen molar-refractivity contribution in [3.8, 4) is 11.6 Å². The van der Waals surface area contributed by atoms with Gasteiger partial charge in [-0.05, 0) is 23.6 Å². The molecule has 9 nitrogen and oxygen atoms in total. The quantitative estimate of drug-likeness (QED) is 0.401. The molecular weight excluding hydrogens is 368 g/mol. The van der Waals surface area contributed by atoms with Gasteiger partial charge in [-0.2, -0.15) is 0 Å². The number of H-pyrrole nitrogens is 1. The van der Waals surface area contributed by atoms with Gasteiger partial charge in [-0.15, -0.1) is 5.10 Å². The van der Waals surface area contributed by atoms with E-state index in [1.165, 1.54) is 0 Å². The zero-order chi connectivity index (χ0) is 20.4. The lowest BCUT2D eigenvalue weighted by atomic mass is 9.98. The van der Waals surface area contributed by atoms with Gasteiger partial charge in [-0.3, -0.25) is 5.10 Å². The van der Waals surface area contributed by atoms with Crippen LogP contribution in [0.3, 0.4) is 0 Å². The van der Waals surface area contributed by atoms with Crippen LogP contribution in [-0.4, -0.2) is 73.0 Å². The summed E-state index contributed by atoms with van der Waals surface area (Å²) >= 11 is 0. The summed E-state index contributed by atoms with van der Waals surface area (Å²) in [6.07, 6.45) is -6.50. The first-order valence-electron chi connectivity index (χ1n) is 9.14. The number of aliphatic hydroxyl groups is 4. The monoisotopic (exact) mass is 394 g/mol. The fourth-order valence-corrected chi connectivity index (χ4v) is 3.25. The van der Waals surface area contributed by atoms with E-state index in [1.54, 1.807) is 18.2 Å². The van der Waals surface area contributed by atoms with Crippen molar-refractivity contribution in [2.45, 2.75) is 56.9 Å². The molecule has 9 heteroatoms. The van der Waals surface area contributed by atoms with E-state index in [9.17, 15) is 25.5 Å². The number of aromatic amines is 1. The maximum atomic E-state index is 10.2. The van der Waals surface area contributed by atoms with Gasteiger partial charge in [0, 0.05) is 17.7 Å². The molecule has 0 amide bonds. The zero-order valence-electron chi connectivity index (χ0n) is 15.7. The maximum Gasteiger partial charge on any atom is 0.238 e. The molecule has 1 fully saturated rings. The van der Waals surface area contributed by atoms with Crippen molar-refractivity contribution in [3.05, 3.63) is 41.1 Å². The number of phenols is 1. The van der Waals surface area contributed by atoms with E-state index in [2.05, 4.69) is 10.2 Å². The van der Waals surface area contributed by atoms with Gasteiger partial charge in [0.05, 0.1) is 6.61 Å². The highest BCUT2D eigenvalue weighted by Gasteiger charge is 2.45. The van der Waals surface area contributed by atoms with Crippen molar-refractivity contribution in [2.75, 3.05) is 6.61 Å². The number of ether oxygens (including phenoxy) is 2. The molecule has 28 heavy (non-hydrogen) atoms. The van der Waals surface area contributed by atoms with Crippen LogP contribution in [0.25, 0.3) is 0 Å². The Labute approximate surface area is 162 Å². The fraction of sp³-hybridized carbons (Fsp3) is 0.526. The van der Waals surface area contributed by atoms with Crippen LogP contribution in [0.1, 0.15) is 36.6 Å². The molecule has 0 unspecified atom stereocenters. The van der Waals surface area contributed by atoms with E-state index in [0.29, 0.717) is 6.42 Å². The number of aromatic nitrogens is 2. The number of phenolic OH excluding ortho intramolecular Hbond substituents is 1. The molecule has 1 aromatic heterocycles. The average molecular weight is 394 g/mol. The van der Waals surface area contributed by atoms with Crippen LogP contribution in [-0.2, 0) is 11.2 Å². The molecule has 0 radical (unpaired) electrons. The molecule has 3 rings (SSSR count). The van der Waals surface area contributed by atoms with Gasteiger partial charge in [0.2, 0.25) is 12.2 Å². The summed E-state index contributed by atoms with van der Waals surface area (Å²) in [7, 11) is 0. The van der Waals surface area contributed by atoms with Crippen LogP contribution < -0.4 is 4.74 Å². The number of aliphatic hydroxyl groups excluding tert-OH is 4. The largest absolute Gasteiger partial charge is 0.508 e. The van der Waals surface area contributed by atoms with Crippen LogP contribution in [0.2, 0.25) is 0 Å². The molecule has 1 aliphatic heterocycles. The summed E-state index contributed by atoms with van der Waals surface area (Å²) in [5.74, 6) is 0.423. The first-order chi connectivity index (χ1) is 13.3. The zero-order valence-corrected chi connectivity index (χ0v) is 15.7. The summed E-state index contributed by atoms with van der Waals surface area (Å²) in [5.41, 5.74) is 2.38. The van der Waals surface area contributed by atoms with E-state index in [-0.39, 0.29) is 17.5 Å². The molecule has 154 valence electrons. The molecule has 0 aliphatic carbocycles. The second-order valence-electron chi connectivity index (χ2n) is 7.24. The fourth-order valence-electron chi connectivity index (χ4n) is 3.25. The van der Waals surface area contributed by atoms with Crippen molar-refractivity contribution in [1.29, 1.82) is 0 Å². The third-order valence-electron chi connectivity index (χ3n) is 4.81. The number of hydrogen-bond acceptors (Lipinski definition) is 8. The Hall–Kier alpha value is -2.17. The molecular formula is C19H26N2O7. The number of rotatable bonds is 6. The summed E-state index contributed by atoms with van der Waals surface area (Å²) < 4.78 is 11.1. The lowest BCUT2D eigenvalue weighted by molar-refractivity contribution is -0.278. The van der Waals surface area contributed by atoms with Crippen LogP contribution in [0.15, 0.2) is 24.3 Å². The highest BCUT2D eigenvalue weighted by molar-refractivity contribution is 5.39. The van der Waals surface area contributed by atoms with Crippen molar-refractivity contribution in [2.24, 2.45) is 0 Å². The Morgan fingerprint density at radius 1 is 1.18 bits per heavy atom. The molecule has 2 heterocycles. The summed E-state index contributed by atoms with van der Waals surface area (Å²) in [4.78, 5) is 0. The molecule has 1 saturated heterocycles. The Bertz CT molecular complexity index is 792. The van der Waals surface area contributed by atoms with Gasteiger partial charge in [-0.25, -0.2) is 0 Å². The van der Waals surface area contributed by atoms with E-state index < -0.39 is 37.3 Å². The number of benzene rings is 1. The van der Waals surface area contributed by atoms with Gasteiger partial charge in [0.15, 0.2) is 0 Å². The van der Waals surface area contributed by atoms with Gasteiger partial charge >= 0.3 is 0 Å². The number of nitrogens with one attached hydrogen (secondary N) is 1. The molecule has 0 saturated carbocycles. The SMILES string of the molecule is CC(C)c1[nH]nc(O[C@@H]2O[C@H](CO)[C@@H](O)[C@H](O)[C@H]2O)c1Cc1cccc(O)c1. The van der Waals surface area contributed by atoms with E-state index in [0.717, 1.165) is 16.8 Å². The van der Waals surface area contributed by atoms with Gasteiger partial charge in [0.25, 0.3) is 0 Å². The van der Waals surface area contributed by atoms with Gasteiger partial charge in [0.1, 0.15) is 30.2 Å². The summed E-state index contributed by atoms with van der Waals surface area (Å²) in [6, 6.07) is 6.80. The number of nitrogens with zero attached hydrogens (tertiary/aromatic N) is 1. The Balaban J connectivity index is 1.87. The topological polar surface area (TPSA) is 148 Å². The highest BCUT2D eigenvalue weighted by atomic mass is 16.7. The average Bonchev–Trinajstić information content (AvgIpc) is 3.04. The molecule has 5 atom stereocenters. The predicted octanol–water partition coefficient (Wildman–Crippen LogP) is 0.00820. The molecule has 1 aliphatic rings. The van der Waals surface area contributed by atoms with E-state index in [1.807, 2.05) is 19.9 Å². The second-order valence-corrected chi connectivity index (χ2v) is 7.24. The molecule has 0 bridgehead atoms. The third-order valence-corrected chi connectivity index (χ3v) is 4.81. The lowest BCUT2D eigenvalue weighted by Crippen LogP contribution is -2.60. The predicted molar refractivity (Wildman–Crippen MR) is 98.0 cm³/mol. The Morgan fingerprint density at radius 2 is 1.93 bits per heavy atom. The van der Waals surface area contributed by atoms with Crippen molar-refractivity contribution in [1.82, 2.24) is 10.2 Å². The van der Waals surface area contributed by atoms with Crippen molar-refractivity contribution >= 4 is 0 Å². The van der Waals surface area contributed by atoms with E-state index >= 15 is 0 Å². The third kappa shape index (κ3) is 4.13. The molecule has 1 aromatic carbocycles. The van der Waals surface area contributed by atoms with Gasteiger partial charge in [-0.1, -0.05) is 26.0 Å². The Morgan fingerprint density at radius 3 is 2.57 bits per heavy atom. The summed E-state index contributed by atoms with van der Waals surface area (Å²) in [5, 5.41) is 56.2. The highest BCUT2D eigenvalue weighted by Crippen LogP contribution is 2.31. The van der Waals surface area contributed by atoms with Crippen LogP contribution >= 0.6 is 0 Å². The first kappa shape index (κ1) is 20.6. The van der Waals surface area contributed by atoms with Crippen molar-refractivity contribution < 1.29 is 35.0 Å². The van der Waals surface area contributed by atoms with Gasteiger partial charge < -0.3 is 35.0 Å². The van der Waals surface area contributed by atoms with Crippen LogP contribution in [0, 0.1) is 0 Å². The normalized spacial score (nSPS) is 27.9. The minimum absolute atomic E-state index is 0.104. The lowest BCUT2D eigenvalue weighted by Gasteiger charge is -2.39. The molecule has 0 spiro atoms. The number of aromatic hydroxyl groups is 1. The molecule has 6 N–H and O–H groups in total. The standard InChI is InChI=1S/C19H26N2O7/c1-9(2)14-12(7-10-4-3-5-11(23)6-10)18(21-20-14)28-19-17(26)16(25)15(24)13(8-22)27-19/h3-6,9,13,15-17,19,22-26H,7-8H2,1-2H3,(H,20,21)/t13-,15-,16+,17-,19+/m1/s1. The van der Waals surface area contributed by atoms with Crippen molar-refractivity contribution in [3.63, 3.8) is 0 Å². The summed E-state index contributed by atoms with van der Waals surface area (Å²) in [6.45, 7) is 3.42.